The number of nitrogens with one attached hydrogen (secondary N) is 1. The van der Waals surface area contributed by atoms with Gasteiger partial charge in [-0.15, -0.1) is 0 Å². The number of nitrogens with zero attached hydrogens (tertiary/aromatic N) is 1. The van der Waals surface area contributed by atoms with Crippen LogP contribution in [0.2, 0.25) is 0 Å². The van der Waals surface area contributed by atoms with Gasteiger partial charge in [0.05, 0.1) is 6.61 Å². The monoisotopic (exact) mass is 578 g/mol. The second kappa shape index (κ2) is 14.4. The normalized spacial score (nSPS) is 17.8. The van der Waals surface area contributed by atoms with Gasteiger partial charge in [0.25, 0.3) is 5.91 Å². The molecular formula is C36H35FN2O4. The molecule has 4 aromatic rings. The Labute approximate surface area is 251 Å². The zero-order valence-electron chi connectivity index (χ0n) is 23.9. The highest BCUT2D eigenvalue weighted by molar-refractivity contribution is 6.01. The van der Waals surface area contributed by atoms with E-state index < -0.39 is 11.6 Å². The van der Waals surface area contributed by atoms with Crippen LogP contribution in [0.25, 0.3) is 6.08 Å². The minimum Gasteiger partial charge on any atom is -0.494 e. The summed E-state index contributed by atoms with van der Waals surface area (Å²) < 4.78 is 25.6. The van der Waals surface area contributed by atoms with Crippen LogP contribution < -0.4 is 10.1 Å². The quantitative estimate of drug-likeness (QED) is 0.182. The molecule has 7 heteroatoms. The summed E-state index contributed by atoms with van der Waals surface area (Å²) in [6, 6.07) is 33.2. The van der Waals surface area contributed by atoms with Crippen LogP contribution in [0.3, 0.4) is 0 Å². The second-order valence-electron chi connectivity index (χ2n) is 10.3. The fourth-order valence-corrected chi connectivity index (χ4v) is 5.01. The summed E-state index contributed by atoms with van der Waals surface area (Å²) in [6.45, 7) is 0.843. The molecule has 6 nitrogen and oxygen atoms in total. The lowest BCUT2D eigenvalue weighted by Gasteiger charge is -2.29. The number of aliphatic hydroxyl groups is 1. The smallest absolute Gasteiger partial charge is 0.252 e. The van der Waals surface area contributed by atoms with Gasteiger partial charge in [0.15, 0.2) is 11.6 Å². The average molecular weight is 579 g/mol. The van der Waals surface area contributed by atoms with Crippen LogP contribution >= 0.6 is 0 Å². The summed E-state index contributed by atoms with van der Waals surface area (Å²) in [5, 5.41) is 12.1. The Kier molecular flexibility index (Phi) is 9.97. The van der Waals surface area contributed by atoms with Crippen molar-refractivity contribution in [3.63, 3.8) is 0 Å². The van der Waals surface area contributed by atoms with Gasteiger partial charge in [-0.25, -0.2) is 9.38 Å². The van der Waals surface area contributed by atoms with Crippen molar-refractivity contribution in [2.45, 2.75) is 30.9 Å². The zero-order chi connectivity index (χ0) is 29.9. The highest BCUT2D eigenvalue weighted by atomic mass is 19.1. The predicted molar refractivity (Wildman–Crippen MR) is 166 cm³/mol. The molecule has 5 rings (SSSR count). The first kappa shape index (κ1) is 29.7. The summed E-state index contributed by atoms with van der Waals surface area (Å²) in [5.41, 5.74) is 2.23. The Morgan fingerprint density at radius 1 is 0.953 bits per heavy atom. The van der Waals surface area contributed by atoms with Crippen LogP contribution in [0.5, 0.6) is 5.75 Å². The lowest BCUT2D eigenvalue weighted by atomic mass is 9.84. The topological polar surface area (TPSA) is 80.2 Å². The van der Waals surface area contributed by atoms with Crippen LogP contribution in [-0.4, -0.2) is 42.2 Å². The zero-order valence-corrected chi connectivity index (χ0v) is 23.9. The van der Waals surface area contributed by atoms with Gasteiger partial charge in [0.2, 0.25) is 5.90 Å². The summed E-state index contributed by atoms with van der Waals surface area (Å²) in [7, 11) is 0. The first-order valence-electron chi connectivity index (χ1n) is 14.5. The Hall–Kier alpha value is -4.75. The van der Waals surface area contributed by atoms with Crippen molar-refractivity contribution >= 4 is 17.9 Å². The summed E-state index contributed by atoms with van der Waals surface area (Å²) in [6.07, 6.45) is 4.69. The highest BCUT2D eigenvalue weighted by Crippen LogP contribution is 2.43. The fourth-order valence-electron chi connectivity index (χ4n) is 5.01. The number of aliphatic hydroxyl groups excluding tert-OH is 1. The standard InChI is InChI=1S/C36H35FN2O4/c37-31-18-14-28(15-19-31)22-24-38-35(41)36(23-7-11-27-9-3-1-4-10-27)33(29-12-5-2-6-13-29)43-34(39-36)30-16-20-32(21-17-30)42-26-8-25-40/h1-7,9-21,33,40H,8,22-26H2,(H,38,41)/b11-7+/t33-,36-/m1/s1. The van der Waals surface area contributed by atoms with Gasteiger partial charge in [-0.3, -0.25) is 4.79 Å². The van der Waals surface area contributed by atoms with Crippen molar-refractivity contribution in [1.82, 2.24) is 5.32 Å². The van der Waals surface area contributed by atoms with E-state index in [1.165, 1.54) is 12.1 Å². The molecule has 0 fully saturated rings. The van der Waals surface area contributed by atoms with E-state index in [1.807, 2.05) is 97.1 Å². The number of hydrogen-bond acceptors (Lipinski definition) is 5. The Morgan fingerprint density at radius 2 is 1.65 bits per heavy atom. The fraction of sp³-hybridized carbons (Fsp3) is 0.222. The molecule has 0 spiro atoms. The molecule has 0 radical (unpaired) electrons. The molecule has 43 heavy (non-hydrogen) atoms. The lowest BCUT2D eigenvalue weighted by Crippen LogP contribution is -2.48. The Balaban J connectivity index is 1.46. The van der Waals surface area contributed by atoms with E-state index >= 15 is 0 Å². The van der Waals surface area contributed by atoms with E-state index in [9.17, 15) is 9.18 Å². The van der Waals surface area contributed by atoms with E-state index in [0.717, 1.165) is 22.3 Å². The van der Waals surface area contributed by atoms with E-state index in [0.29, 0.717) is 44.1 Å². The molecule has 0 saturated heterocycles. The maximum Gasteiger partial charge on any atom is 0.252 e. The SMILES string of the molecule is O=C(NCCc1ccc(F)cc1)[C@]1(C/C=C/c2ccccc2)N=C(c2ccc(OCCCO)cc2)O[C@@H]1c1ccccc1. The number of carbonyl (C=O) groups is 1. The minimum atomic E-state index is -1.28. The molecule has 0 aromatic heterocycles. The van der Waals surface area contributed by atoms with Gasteiger partial charge >= 0.3 is 0 Å². The molecule has 0 aliphatic carbocycles. The van der Waals surface area contributed by atoms with Gasteiger partial charge in [0, 0.05) is 31.6 Å². The van der Waals surface area contributed by atoms with E-state index in [2.05, 4.69) is 5.32 Å². The van der Waals surface area contributed by atoms with Crippen LogP contribution in [-0.2, 0) is 16.0 Å². The molecular weight excluding hydrogens is 543 g/mol. The lowest BCUT2D eigenvalue weighted by molar-refractivity contribution is -0.128. The van der Waals surface area contributed by atoms with E-state index in [1.54, 1.807) is 12.1 Å². The molecule has 1 aliphatic rings. The molecule has 2 N–H and O–H groups in total. The number of carbonyl (C=O) groups excluding carboxylic acids is 1. The van der Waals surface area contributed by atoms with Crippen molar-refractivity contribution in [1.29, 1.82) is 0 Å². The average Bonchev–Trinajstić information content (AvgIpc) is 3.44. The Bertz CT molecular complexity index is 1520. The maximum atomic E-state index is 14.2. The molecule has 1 heterocycles. The van der Waals surface area contributed by atoms with Gasteiger partial charge < -0.3 is 19.9 Å². The van der Waals surface area contributed by atoms with Crippen molar-refractivity contribution in [3.05, 3.63) is 143 Å². The van der Waals surface area contributed by atoms with E-state index in [-0.39, 0.29) is 18.3 Å². The van der Waals surface area contributed by atoms with Gasteiger partial charge in [-0.05, 0) is 59.5 Å². The molecule has 0 unspecified atom stereocenters. The van der Waals surface area contributed by atoms with Gasteiger partial charge in [0.1, 0.15) is 11.6 Å². The molecule has 1 amide bonds. The number of aliphatic imine (C=N–C) groups is 1. The van der Waals surface area contributed by atoms with Crippen LogP contribution in [0.15, 0.2) is 120 Å². The number of amides is 1. The molecule has 1 aliphatic heterocycles. The first-order valence-corrected chi connectivity index (χ1v) is 14.5. The number of halogens is 1. The van der Waals surface area contributed by atoms with Crippen molar-refractivity contribution in [2.24, 2.45) is 4.99 Å². The van der Waals surface area contributed by atoms with Crippen molar-refractivity contribution < 1.29 is 23.8 Å². The first-order chi connectivity index (χ1) is 21.1. The number of ether oxygens (including phenoxy) is 2. The molecule has 220 valence electrons. The third-order valence-electron chi connectivity index (χ3n) is 7.28. The molecule has 0 bridgehead atoms. The largest absolute Gasteiger partial charge is 0.494 e. The molecule has 0 saturated carbocycles. The second-order valence-corrected chi connectivity index (χ2v) is 10.3. The number of rotatable bonds is 13. The summed E-state index contributed by atoms with van der Waals surface area (Å²) in [4.78, 5) is 19.2. The summed E-state index contributed by atoms with van der Waals surface area (Å²) in [5.74, 6) is 0.501. The third-order valence-corrected chi connectivity index (χ3v) is 7.28. The van der Waals surface area contributed by atoms with Crippen molar-refractivity contribution in [3.8, 4) is 5.75 Å². The van der Waals surface area contributed by atoms with Crippen LogP contribution in [0.1, 0.15) is 41.2 Å². The Morgan fingerprint density at radius 3 is 2.35 bits per heavy atom. The highest BCUT2D eigenvalue weighted by Gasteiger charge is 2.52. The van der Waals surface area contributed by atoms with Crippen LogP contribution in [0.4, 0.5) is 4.39 Å². The molecule has 2 atom stereocenters. The maximum absolute atomic E-state index is 14.2. The minimum absolute atomic E-state index is 0.0658. The molecule has 4 aromatic carbocycles. The number of benzene rings is 4. The van der Waals surface area contributed by atoms with Gasteiger partial charge in [-0.2, -0.15) is 0 Å². The van der Waals surface area contributed by atoms with Gasteiger partial charge in [-0.1, -0.05) is 84.9 Å². The van der Waals surface area contributed by atoms with Crippen molar-refractivity contribution in [2.75, 3.05) is 19.8 Å². The predicted octanol–water partition coefficient (Wildman–Crippen LogP) is 6.31. The van der Waals surface area contributed by atoms with E-state index in [4.69, 9.17) is 19.6 Å². The van der Waals surface area contributed by atoms with Crippen LogP contribution in [0, 0.1) is 5.82 Å². The number of hydrogen-bond donors (Lipinski definition) is 2. The third kappa shape index (κ3) is 7.56. The summed E-state index contributed by atoms with van der Waals surface area (Å²) >= 11 is 0.